The largest absolute Gasteiger partial charge is 0.493 e. The molecule has 0 aliphatic carbocycles. The van der Waals surface area contributed by atoms with Crippen LogP contribution in [0.2, 0.25) is 0 Å². The maximum atomic E-state index is 5.49. The van der Waals surface area contributed by atoms with Crippen molar-refractivity contribution in [2.75, 3.05) is 32.3 Å². The van der Waals surface area contributed by atoms with E-state index in [1.54, 1.807) is 24.9 Å². The van der Waals surface area contributed by atoms with Gasteiger partial charge in [-0.05, 0) is 29.8 Å². The normalized spacial score (nSPS) is 14.1. The molecule has 27 heavy (non-hydrogen) atoms. The summed E-state index contributed by atoms with van der Waals surface area (Å²) >= 11 is 0. The van der Waals surface area contributed by atoms with Crippen LogP contribution in [0.3, 0.4) is 0 Å². The number of methoxy groups -OCH3 is 2. The quantitative estimate of drug-likeness (QED) is 0.668. The molecule has 0 radical (unpaired) electrons. The molecule has 4 rings (SSSR count). The molecule has 0 atom stereocenters. The fraction of sp³-hybridized carbons (Fsp3) is 0.300. The Morgan fingerprint density at radius 2 is 2.04 bits per heavy atom. The Bertz CT molecular complexity index is 967. The standard InChI is InChI=1S/C20H22N4O3/c1-25-17-4-3-15(13-18(17)26-2)14-23(16-7-11-27-12-8-16)19-6-10-24-20(22-19)5-9-21-24/h3-7,9-10,13H,8,11-12,14H2,1-2H3. The van der Waals surface area contributed by atoms with Crippen molar-refractivity contribution in [2.24, 2.45) is 0 Å². The van der Waals surface area contributed by atoms with Gasteiger partial charge < -0.3 is 19.1 Å². The number of nitrogens with zero attached hydrogens (tertiary/aromatic N) is 4. The molecule has 3 aromatic rings. The molecule has 0 fully saturated rings. The summed E-state index contributed by atoms with van der Waals surface area (Å²) in [6.45, 7) is 2.00. The molecule has 0 saturated heterocycles. The highest BCUT2D eigenvalue weighted by Gasteiger charge is 2.18. The Morgan fingerprint density at radius 1 is 1.15 bits per heavy atom. The summed E-state index contributed by atoms with van der Waals surface area (Å²) in [5.74, 6) is 2.32. The minimum absolute atomic E-state index is 0.618. The van der Waals surface area contributed by atoms with Crippen molar-refractivity contribution in [1.29, 1.82) is 0 Å². The van der Waals surface area contributed by atoms with Gasteiger partial charge in [-0.25, -0.2) is 9.50 Å². The maximum Gasteiger partial charge on any atom is 0.161 e. The average Bonchev–Trinajstić information content (AvgIpc) is 3.20. The van der Waals surface area contributed by atoms with Crippen LogP contribution in [0.5, 0.6) is 11.5 Å². The van der Waals surface area contributed by atoms with Crippen LogP contribution < -0.4 is 14.4 Å². The van der Waals surface area contributed by atoms with Crippen molar-refractivity contribution < 1.29 is 14.2 Å². The van der Waals surface area contributed by atoms with E-state index in [2.05, 4.69) is 16.1 Å². The van der Waals surface area contributed by atoms with Crippen molar-refractivity contribution in [3.05, 3.63) is 60.1 Å². The Kier molecular flexibility index (Phi) is 4.93. The minimum Gasteiger partial charge on any atom is -0.493 e. The lowest BCUT2D eigenvalue weighted by molar-refractivity contribution is 0.153. The lowest BCUT2D eigenvalue weighted by Crippen LogP contribution is -2.26. The minimum atomic E-state index is 0.618. The van der Waals surface area contributed by atoms with Crippen LogP contribution in [0.15, 0.2) is 54.5 Å². The highest BCUT2D eigenvalue weighted by molar-refractivity contribution is 5.53. The van der Waals surface area contributed by atoms with Gasteiger partial charge in [0, 0.05) is 30.9 Å². The van der Waals surface area contributed by atoms with Crippen molar-refractivity contribution in [2.45, 2.75) is 13.0 Å². The Balaban J connectivity index is 1.70. The zero-order valence-corrected chi connectivity index (χ0v) is 15.5. The van der Waals surface area contributed by atoms with Gasteiger partial charge in [0.2, 0.25) is 0 Å². The Morgan fingerprint density at radius 3 is 2.81 bits per heavy atom. The number of aromatic nitrogens is 3. The summed E-state index contributed by atoms with van der Waals surface area (Å²) in [4.78, 5) is 6.99. The molecule has 0 N–H and O–H groups in total. The van der Waals surface area contributed by atoms with E-state index >= 15 is 0 Å². The first-order valence-electron chi connectivity index (χ1n) is 8.84. The van der Waals surface area contributed by atoms with E-state index in [9.17, 15) is 0 Å². The van der Waals surface area contributed by atoms with Gasteiger partial charge >= 0.3 is 0 Å². The molecule has 0 amide bonds. The van der Waals surface area contributed by atoms with Gasteiger partial charge in [0.25, 0.3) is 0 Å². The summed E-state index contributed by atoms with van der Waals surface area (Å²) in [5.41, 5.74) is 3.13. The fourth-order valence-corrected chi connectivity index (χ4v) is 3.21. The van der Waals surface area contributed by atoms with Crippen LogP contribution in [0.25, 0.3) is 5.65 Å². The average molecular weight is 366 g/mol. The summed E-state index contributed by atoms with van der Waals surface area (Å²) in [5, 5.41) is 4.23. The molecule has 3 heterocycles. The maximum absolute atomic E-state index is 5.49. The Hall–Kier alpha value is -3.06. The first kappa shape index (κ1) is 17.4. The topological polar surface area (TPSA) is 61.1 Å². The number of hydrogen-bond acceptors (Lipinski definition) is 6. The third-order valence-electron chi connectivity index (χ3n) is 4.59. The predicted molar refractivity (Wildman–Crippen MR) is 102 cm³/mol. The molecule has 0 spiro atoms. The molecule has 140 valence electrons. The molecule has 0 saturated carbocycles. The van der Waals surface area contributed by atoms with Crippen molar-refractivity contribution in [1.82, 2.24) is 14.6 Å². The van der Waals surface area contributed by atoms with E-state index in [0.29, 0.717) is 19.8 Å². The van der Waals surface area contributed by atoms with Gasteiger partial charge in [-0.15, -0.1) is 0 Å². The third kappa shape index (κ3) is 3.59. The number of hydrogen-bond donors (Lipinski definition) is 0. The second-order valence-corrected chi connectivity index (χ2v) is 6.22. The summed E-state index contributed by atoms with van der Waals surface area (Å²) in [6, 6.07) is 9.86. The molecular formula is C20H22N4O3. The summed E-state index contributed by atoms with van der Waals surface area (Å²) in [7, 11) is 3.29. The number of anilines is 1. The van der Waals surface area contributed by atoms with Gasteiger partial charge in [-0.3, -0.25) is 0 Å². The van der Waals surface area contributed by atoms with E-state index in [-0.39, 0.29) is 0 Å². The smallest absolute Gasteiger partial charge is 0.161 e. The summed E-state index contributed by atoms with van der Waals surface area (Å²) < 4.78 is 18.0. The molecular weight excluding hydrogens is 344 g/mol. The SMILES string of the molecule is COc1ccc(CN(C2=CCOCC2)c2ccn3nccc3n2)cc1OC. The molecule has 1 aliphatic rings. The lowest BCUT2D eigenvalue weighted by Gasteiger charge is -2.29. The van der Waals surface area contributed by atoms with Crippen molar-refractivity contribution in [3.8, 4) is 11.5 Å². The van der Waals surface area contributed by atoms with E-state index in [1.807, 2.05) is 36.5 Å². The molecule has 7 heteroatoms. The van der Waals surface area contributed by atoms with Gasteiger partial charge in [-0.2, -0.15) is 5.10 Å². The second kappa shape index (κ2) is 7.67. The zero-order valence-electron chi connectivity index (χ0n) is 15.5. The van der Waals surface area contributed by atoms with E-state index in [1.165, 1.54) is 5.70 Å². The van der Waals surface area contributed by atoms with Crippen molar-refractivity contribution >= 4 is 11.5 Å². The molecule has 0 bridgehead atoms. The van der Waals surface area contributed by atoms with Crippen LogP contribution in [0.4, 0.5) is 5.82 Å². The summed E-state index contributed by atoms with van der Waals surface area (Å²) in [6.07, 6.45) is 6.64. The van der Waals surface area contributed by atoms with Crippen LogP contribution in [-0.4, -0.2) is 42.0 Å². The first-order valence-corrected chi connectivity index (χ1v) is 8.84. The highest BCUT2D eigenvalue weighted by Crippen LogP contribution is 2.30. The molecule has 7 nitrogen and oxygen atoms in total. The van der Waals surface area contributed by atoms with Gasteiger partial charge in [-0.1, -0.05) is 6.07 Å². The molecule has 1 aliphatic heterocycles. The van der Waals surface area contributed by atoms with E-state index in [0.717, 1.165) is 34.9 Å². The molecule has 2 aromatic heterocycles. The molecule has 0 unspecified atom stereocenters. The lowest BCUT2D eigenvalue weighted by atomic mass is 10.1. The third-order valence-corrected chi connectivity index (χ3v) is 4.59. The second-order valence-electron chi connectivity index (χ2n) is 6.22. The number of benzene rings is 1. The van der Waals surface area contributed by atoms with Crippen LogP contribution >= 0.6 is 0 Å². The number of ether oxygens (including phenoxy) is 3. The van der Waals surface area contributed by atoms with Gasteiger partial charge in [0.05, 0.1) is 33.6 Å². The monoisotopic (exact) mass is 366 g/mol. The van der Waals surface area contributed by atoms with Crippen LogP contribution in [-0.2, 0) is 11.3 Å². The molecule has 1 aromatic carbocycles. The van der Waals surface area contributed by atoms with Crippen molar-refractivity contribution in [3.63, 3.8) is 0 Å². The van der Waals surface area contributed by atoms with Crippen LogP contribution in [0, 0.1) is 0 Å². The Labute approximate surface area is 157 Å². The highest BCUT2D eigenvalue weighted by atomic mass is 16.5. The van der Waals surface area contributed by atoms with E-state index in [4.69, 9.17) is 19.2 Å². The zero-order chi connectivity index (χ0) is 18.6. The van der Waals surface area contributed by atoms with Gasteiger partial charge in [0.1, 0.15) is 5.82 Å². The van der Waals surface area contributed by atoms with E-state index < -0.39 is 0 Å². The first-order chi connectivity index (χ1) is 13.3. The predicted octanol–water partition coefficient (Wildman–Crippen LogP) is 3.06. The fourth-order valence-electron chi connectivity index (χ4n) is 3.21. The van der Waals surface area contributed by atoms with Gasteiger partial charge in [0.15, 0.2) is 17.1 Å². The number of fused-ring (bicyclic) bond motifs is 1. The number of rotatable bonds is 6. The van der Waals surface area contributed by atoms with Crippen LogP contribution in [0.1, 0.15) is 12.0 Å².